The van der Waals surface area contributed by atoms with Crippen LogP contribution in [0.1, 0.15) is 0 Å². The number of hydrogen-bond donors (Lipinski definition) is 0. The third kappa shape index (κ3) is 3.81. The van der Waals surface area contributed by atoms with Gasteiger partial charge in [-0.05, 0) is 66.6 Å². The van der Waals surface area contributed by atoms with Crippen LogP contribution in [0.5, 0.6) is 0 Å². The standard InChI is InChI=1S/C18H28N4OP2/c1-20(2)25(21(3)4,22(5)6)19-24(23,17-13-9-7-10-14-17)18-15-11-8-12-16-18/h7-16H,1-6H3. The van der Waals surface area contributed by atoms with E-state index in [0.29, 0.717) is 0 Å². The molecule has 0 amide bonds. The van der Waals surface area contributed by atoms with Gasteiger partial charge in [0.05, 0.1) is 0 Å². The van der Waals surface area contributed by atoms with Crippen molar-refractivity contribution in [3.8, 4) is 0 Å². The van der Waals surface area contributed by atoms with Crippen molar-refractivity contribution in [1.82, 2.24) is 14.0 Å². The lowest BCUT2D eigenvalue weighted by molar-refractivity contribution is 0.474. The van der Waals surface area contributed by atoms with Gasteiger partial charge in [0, 0.05) is 10.6 Å². The first-order chi connectivity index (χ1) is 11.7. The summed E-state index contributed by atoms with van der Waals surface area (Å²) in [5, 5.41) is 1.52. The molecule has 0 fully saturated rings. The van der Waals surface area contributed by atoms with Gasteiger partial charge in [-0.3, -0.25) is 18.6 Å². The maximum atomic E-state index is 14.3. The van der Waals surface area contributed by atoms with Crippen LogP contribution in [0.25, 0.3) is 0 Å². The minimum Gasteiger partial charge on any atom is -0.288 e. The Balaban J connectivity index is 2.87. The third-order valence-electron chi connectivity index (χ3n) is 4.07. The Morgan fingerprint density at radius 1 is 0.640 bits per heavy atom. The molecule has 136 valence electrons. The van der Waals surface area contributed by atoms with Crippen LogP contribution in [0.2, 0.25) is 0 Å². The fraction of sp³-hybridized carbons (Fsp3) is 0.333. The Kier molecular flexibility index (Phi) is 6.42. The second-order valence-electron chi connectivity index (χ2n) is 6.41. The maximum absolute atomic E-state index is 14.3. The van der Waals surface area contributed by atoms with E-state index >= 15 is 0 Å². The Morgan fingerprint density at radius 2 is 0.960 bits per heavy atom. The molecule has 0 atom stereocenters. The van der Waals surface area contributed by atoms with Crippen molar-refractivity contribution < 1.29 is 4.57 Å². The van der Waals surface area contributed by atoms with Crippen molar-refractivity contribution in [3.63, 3.8) is 0 Å². The molecular weight excluding hydrogens is 350 g/mol. The Hall–Kier alpha value is -1.22. The van der Waals surface area contributed by atoms with Gasteiger partial charge in [-0.15, -0.1) is 0 Å². The summed E-state index contributed by atoms with van der Waals surface area (Å²) in [4.78, 5) is 0. The zero-order valence-electron chi connectivity index (χ0n) is 15.9. The molecule has 0 aromatic heterocycles. The van der Waals surface area contributed by atoms with Crippen LogP contribution in [0.3, 0.4) is 0 Å². The summed E-state index contributed by atoms with van der Waals surface area (Å²) in [6, 6.07) is 19.2. The summed E-state index contributed by atoms with van der Waals surface area (Å²) in [5.74, 6) is 0. The van der Waals surface area contributed by atoms with E-state index in [-0.39, 0.29) is 0 Å². The van der Waals surface area contributed by atoms with Crippen LogP contribution in [0.4, 0.5) is 0 Å². The third-order valence-corrected chi connectivity index (χ3v) is 11.3. The van der Waals surface area contributed by atoms with Crippen molar-refractivity contribution in [2.45, 2.75) is 0 Å². The van der Waals surface area contributed by atoms with Crippen LogP contribution >= 0.6 is 14.8 Å². The van der Waals surface area contributed by atoms with Crippen molar-refractivity contribution >= 4 is 25.4 Å². The van der Waals surface area contributed by atoms with Crippen molar-refractivity contribution in [3.05, 3.63) is 60.7 Å². The van der Waals surface area contributed by atoms with Crippen LogP contribution in [-0.2, 0) is 4.57 Å². The highest BCUT2D eigenvalue weighted by Gasteiger charge is 2.36. The van der Waals surface area contributed by atoms with E-state index in [9.17, 15) is 4.57 Å². The van der Waals surface area contributed by atoms with Crippen LogP contribution in [-0.4, -0.2) is 56.3 Å². The largest absolute Gasteiger partial charge is 0.288 e. The number of nitrogens with zero attached hydrogens (tertiary/aromatic N) is 4. The molecule has 2 rings (SSSR count). The molecule has 0 saturated carbocycles. The second-order valence-corrected chi connectivity index (χ2v) is 12.8. The second kappa shape index (κ2) is 7.99. The summed E-state index contributed by atoms with van der Waals surface area (Å²) in [7, 11) is 6.53. The molecular formula is C18H28N4OP2. The molecule has 2 aromatic rings. The lowest BCUT2D eigenvalue weighted by Gasteiger charge is -2.41. The van der Waals surface area contributed by atoms with Gasteiger partial charge in [-0.1, -0.05) is 36.4 Å². The Bertz CT molecular complexity index is 717. The van der Waals surface area contributed by atoms with E-state index in [1.807, 2.05) is 103 Å². The minimum absolute atomic E-state index is 0.760. The zero-order chi connectivity index (χ0) is 18.7. The molecule has 25 heavy (non-hydrogen) atoms. The van der Waals surface area contributed by atoms with E-state index in [0.717, 1.165) is 10.6 Å². The fourth-order valence-corrected chi connectivity index (χ4v) is 10.7. The predicted molar refractivity (Wildman–Crippen MR) is 110 cm³/mol. The van der Waals surface area contributed by atoms with Crippen LogP contribution in [0, 0.1) is 0 Å². The van der Waals surface area contributed by atoms with Gasteiger partial charge in [0.25, 0.3) is 0 Å². The van der Waals surface area contributed by atoms with Gasteiger partial charge in [-0.2, -0.15) is 4.52 Å². The first kappa shape index (κ1) is 20.1. The highest BCUT2D eigenvalue weighted by Crippen LogP contribution is 2.63. The quantitative estimate of drug-likeness (QED) is 0.721. The predicted octanol–water partition coefficient (Wildman–Crippen LogP) is 3.55. The van der Waals surface area contributed by atoms with Gasteiger partial charge in [-0.25, -0.2) is 0 Å². The first-order valence-electron chi connectivity index (χ1n) is 8.13. The van der Waals surface area contributed by atoms with E-state index in [1.54, 1.807) is 0 Å². The molecule has 0 N–H and O–H groups in total. The van der Waals surface area contributed by atoms with Gasteiger partial charge in [0.1, 0.15) is 0 Å². The Labute approximate surface area is 151 Å². The lowest BCUT2D eigenvalue weighted by Crippen LogP contribution is -2.31. The molecule has 0 unspecified atom stereocenters. The molecule has 0 aliphatic heterocycles. The van der Waals surface area contributed by atoms with Crippen molar-refractivity contribution in [2.75, 3.05) is 42.3 Å². The molecule has 0 radical (unpaired) electrons. The zero-order valence-corrected chi connectivity index (χ0v) is 17.7. The average Bonchev–Trinajstić information content (AvgIpc) is 2.60. The molecule has 0 aliphatic carbocycles. The van der Waals surface area contributed by atoms with Crippen molar-refractivity contribution in [1.29, 1.82) is 0 Å². The molecule has 0 heterocycles. The SMILES string of the molecule is CN(C)P(=NP(=O)(c1ccccc1)c1ccccc1)(N(C)C)N(C)C. The lowest BCUT2D eigenvalue weighted by atomic mass is 10.4. The van der Waals surface area contributed by atoms with Gasteiger partial charge < -0.3 is 0 Å². The first-order valence-corrected chi connectivity index (χ1v) is 11.4. The van der Waals surface area contributed by atoms with E-state index in [4.69, 9.17) is 4.52 Å². The highest BCUT2D eigenvalue weighted by atomic mass is 31.2. The number of hydrogen-bond acceptors (Lipinski definition) is 1. The van der Waals surface area contributed by atoms with Gasteiger partial charge in [0.2, 0.25) is 7.29 Å². The van der Waals surface area contributed by atoms with Gasteiger partial charge >= 0.3 is 0 Å². The normalized spacial score (nSPS) is 12.8. The molecule has 0 spiro atoms. The summed E-state index contributed by atoms with van der Waals surface area (Å²) < 4.78 is 25.7. The molecule has 0 aliphatic rings. The summed E-state index contributed by atoms with van der Waals surface area (Å²) in [5.41, 5.74) is 0. The molecule has 0 saturated heterocycles. The Morgan fingerprint density at radius 3 is 1.24 bits per heavy atom. The average molecular weight is 378 g/mol. The smallest absolute Gasteiger partial charge is 0.249 e. The highest BCUT2D eigenvalue weighted by molar-refractivity contribution is 7.82. The summed E-state index contributed by atoms with van der Waals surface area (Å²) in [6.07, 6.45) is 0. The van der Waals surface area contributed by atoms with Crippen LogP contribution < -0.4 is 10.6 Å². The topological polar surface area (TPSA) is 39.2 Å². The monoisotopic (exact) mass is 378 g/mol. The maximum Gasteiger partial charge on any atom is 0.249 e. The number of benzene rings is 2. The van der Waals surface area contributed by atoms with E-state index < -0.39 is 14.8 Å². The molecule has 5 nitrogen and oxygen atoms in total. The van der Waals surface area contributed by atoms with E-state index in [1.165, 1.54) is 0 Å². The van der Waals surface area contributed by atoms with Gasteiger partial charge in [0.15, 0.2) is 7.51 Å². The van der Waals surface area contributed by atoms with Crippen molar-refractivity contribution in [2.24, 2.45) is 4.52 Å². The van der Waals surface area contributed by atoms with E-state index in [2.05, 4.69) is 14.0 Å². The fourth-order valence-electron chi connectivity index (χ4n) is 2.99. The molecule has 2 aromatic carbocycles. The molecule has 7 heteroatoms. The molecule has 0 bridgehead atoms. The number of rotatable bonds is 6. The summed E-state index contributed by atoms with van der Waals surface area (Å²) in [6.45, 7) is 0. The summed E-state index contributed by atoms with van der Waals surface area (Å²) >= 11 is 0. The minimum atomic E-state index is -3.16. The van der Waals surface area contributed by atoms with Crippen LogP contribution in [0.15, 0.2) is 65.2 Å².